The molecular weight excluding hydrogens is 143 g/mol. The van der Waals surface area contributed by atoms with E-state index in [0.29, 0.717) is 5.75 Å². The van der Waals surface area contributed by atoms with Crippen molar-refractivity contribution in [1.29, 1.82) is 0 Å². The second kappa shape index (κ2) is 3.03. The van der Waals surface area contributed by atoms with E-state index < -0.39 is 0 Å². The zero-order valence-corrected chi connectivity index (χ0v) is 7.10. The van der Waals surface area contributed by atoms with Gasteiger partial charge in [0.25, 0.3) is 0 Å². The molecule has 0 aromatic heterocycles. The fraction of sp³-hybridized carbons (Fsp3) is 0.250. The lowest BCUT2D eigenvalue weighted by molar-refractivity contribution is 0.476. The summed E-state index contributed by atoms with van der Waals surface area (Å²) < 4.78 is 0. The molecule has 10 heavy (non-hydrogen) atoms. The lowest BCUT2D eigenvalue weighted by Gasteiger charge is -2.04. The standard InChI is InChI=1S/C8H11OP/c1-10(2)8-5-3-4-7(9)6-8/h3-6,9H,1-2H3. The van der Waals surface area contributed by atoms with Crippen molar-refractivity contribution >= 4 is 13.2 Å². The van der Waals surface area contributed by atoms with Crippen molar-refractivity contribution in [3.63, 3.8) is 0 Å². The Balaban J connectivity index is 2.96. The highest BCUT2D eigenvalue weighted by Crippen LogP contribution is 2.24. The SMILES string of the molecule is CP(C)c1cccc(O)c1. The maximum Gasteiger partial charge on any atom is 0.116 e. The molecule has 0 aliphatic rings. The molecule has 54 valence electrons. The van der Waals surface area contributed by atoms with Crippen LogP contribution >= 0.6 is 7.92 Å². The second-order valence-corrected chi connectivity index (χ2v) is 4.72. The van der Waals surface area contributed by atoms with Crippen LogP contribution in [0.5, 0.6) is 5.75 Å². The molecule has 1 aromatic rings. The summed E-state index contributed by atoms with van der Waals surface area (Å²) >= 11 is 0. The summed E-state index contributed by atoms with van der Waals surface area (Å²) in [6.07, 6.45) is 0. The average Bonchev–Trinajstić information content (AvgIpc) is 1.88. The minimum atomic E-state index is -0.0718. The average molecular weight is 154 g/mol. The van der Waals surface area contributed by atoms with Crippen molar-refractivity contribution in [2.45, 2.75) is 0 Å². The number of phenolic OH excluding ortho intramolecular Hbond substituents is 1. The van der Waals surface area contributed by atoms with E-state index in [9.17, 15) is 0 Å². The van der Waals surface area contributed by atoms with Crippen LogP contribution in [0, 0.1) is 0 Å². The fourth-order valence-corrected chi connectivity index (χ4v) is 1.55. The van der Waals surface area contributed by atoms with E-state index in [0.717, 1.165) is 0 Å². The molecule has 0 saturated carbocycles. The van der Waals surface area contributed by atoms with Crippen molar-refractivity contribution < 1.29 is 5.11 Å². The zero-order chi connectivity index (χ0) is 7.56. The van der Waals surface area contributed by atoms with Crippen molar-refractivity contribution in [3.05, 3.63) is 24.3 Å². The van der Waals surface area contributed by atoms with Gasteiger partial charge in [-0.2, -0.15) is 0 Å². The van der Waals surface area contributed by atoms with Crippen molar-refractivity contribution in [2.24, 2.45) is 0 Å². The number of benzene rings is 1. The van der Waals surface area contributed by atoms with E-state index in [1.54, 1.807) is 6.07 Å². The van der Waals surface area contributed by atoms with Crippen LogP contribution in [0.1, 0.15) is 0 Å². The van der Waals surface area contributed by atoms with Crippen LogP contribution in [0.2, 0.25) is 0 Å². The maximum atomic E-state index is 9.07. The molecule has 2 heteroatoms. The van der Waals surface area contributed by atoms with E-state index in [2.05, 4.69) is 13.3 Å². The zero-order valence-electron chi connectivity index (χ0n) is 6.20. The van der Waals surface area contributed by atoms with E-state index in [1.165, 1.54) is 5.30 Å². The Morgan fingerprint density at radius 2 is 2.00 bits per heavy atom. The van der Waals surface area contributed by atoms with Crippen LogP contribution in [-0.4, -0.2) is 18.4 Å². The lowest BCUT2D eigenvalue weighted by Crippen LogP contribution is -1.96. The van der Waals surface area contributed by atoms with Gasteiger partial charge in [0.05, 0.1) is 0 Å². The quantitative estimate of drug-likeness (QED) is 0.611. The molecule has 0 heterocycles. The van der Waals surface area contributed by atoms with Crippen LogP contribution in [0.4, 0.5) is 0 Å². The van der Waals surface area contributed by atoms with Gasteiger partial charge in [-0.25, -0.2) is 0 Å². The van der Waals surface area contributed by atoms with Gasteiger partial charge in [0.15, 0.2) is 0 Å². The molecule has 1 rings (SSSR count). The first-order valence-electron chi connectivity index (χ1n) is 3.16. The predicted molar refractivity (Wildman–Crippen MR) is 46.5 cm³/mol. The molecule has 1 aromatic carbocycles. The molecular formula is C8H11OP. The highest BCUT2D eigenvalue weighted by atomic mass is 31.1. The third-order valence-corrected chi connectivity index (χ3v) is 2.66. The molecule has 0 saturated heterocycles. The summed E-state index contributed by atoms with van der Waals surface area (Å²) in [7, 11) is -0.0718. The number of rotatable bonds is 1. The molecule has 0 unspecified atom stereocenters. The molecule has 0 bridgehead atoms. The Morgan fingerprint density at radius 1 is 1.30 bits per heavy atom. The summed E-state index contributed by atoms with van der Waals surface area (Å²) in [5, 5.41) is 10.3. The van der Waals surface area contributed by atoms with Crippen molar-refractivity contribution in [3.8, 4) is 5.75 Å². The Hall–Kier alpha value is -0.550. The van der Waals surface area contributed by atoms with Crippen LogP contribution in [0.25, 0.3) is 0 Å². The van der Waals surface area contributed by atoms with Gasteiger partial charge in [0.2, 0.25) is 0 Å². The van der Waals surface area contributed by atoms with Crippen LogP contribution < -0.4 is 5.30 Å². The van der Waals surface area contributed by atoms with Gasteiger partial charge >= 0.3 is 0 Å². The van der Waals surface area contributed by atoms with Crippen LogP contribution in [0.15, 0.2) is 24.3 Å². The monoisotopic (exact) mass is 154 g/mol. The fourth-order valence-electron chi connectivity index (χ4n) is 0.771. The Morgan fingerprint density at radius 3 is 2.40 bits per heavy atom. The van der Waals surface area contributed by atoms with Crippen molar-refractivity contribution in [2.75, 3.05) is 13.3 Å². The lowest BCUT2D eigenvalue weighted by atomic mass is 10.3. The van der Waals surface area contributed by atoms with Crippen LogP contribution in [0.3, 0.4) is 0 Å². The summed E-state index contributed by atoms with van der Waals surface area (Å²) in [6, 6.07) is 7.45. The molecule has 0 aliphatic carbocycles. The predicted octanol–water partition coefficient (Wildman–Crippen LogP) is 1.76. The maximum absolute atomic E-state index is 9.07. The van der Waals surface area contributed by atoms with Gasteiger partial charge in [-0.05, 0) is 30.8 Å². The van der Waals surface area contributed by atoms with Crippen LogP contribution in [-0.2, 0) is 0 Å². The van der Waals surface area contributed by atoms with Gasteiger partial charge in [0.1, 0.15) is 5.75 Å². The van der Waals surface area contributed by atoms with E-state index in [-0.39, 0.29) is 7.92 Å². The van der Waals surface area contributed by atoms with Gasteiger partial charge in [-0.3, -0.25) is 0 Å². The molecule has 0 radical (unpaired) electrons. The highest BCUT2D eigenvalue weighted by Gasteiger charge is 1.96. The molecule has 0 aliphatic heterocycles. The first kappa shape index (κ1) is 7.56. The van der Waals surface area contributed by atoms with Crippen molar-refractivity contribution in [1.82, 2.24) is 0 Å². The third-order valence-electron chi connectivity index (χ3n) is 1.35. The first-order valence-corrected chi connectivity index (χ1v) is 5.40. The Kier molecular flexibility index (Phi) is 2.29. The molecule has 0 spiro atoms. The molecule has 0 amide bonds. The summed E-state index contributed by atoms with van der Waals surface area (Å²) in [4.78, 5) is 0. The topological polar surface area (TPSA) is 20.2 Å². The second-order valence-electron chi connectivity index (χ2n) is 2.41. The number of hydrogen-bond donors (Lipinski definition) is 1. The third kappa shape index (κ3) is 1.71. The minimum Gasteiger partial charge on any atom is -0.508 e. The van der Waals surface area contributed by atoms with Gasteiger partial charge in [-0.15, -0.1) is 0 Å². The molecule has 1 N–H and O–H groups in total. The normalized spacial score (nSPS) is 10.3. The van der Waals surface area contributed by atoms with Gasteiger partial charge in [0, 0.05) is 0 Å². The molecule has 1 nitrogen and oxygen atoms in total. The molecule has 0 fully saturated rings. The summed E-state index contributed by atoms with van der Waals surface area (Å²) in [6.45, 7) is 4.34. The summed E-state index contributed by atoms with van der Waals surface area (Å²) in [5.74, 6) is 0.369. The Labute approximate surface area is 62.5 Å². The highest BCUT2D eigenvalue weighted by molar-refractivity contribution is 7.64. The molecule has 0 atom stereocenters. The summed E-state index contributed by atoms with van der Waals surface area (Å²) in [5.41, 5.74) is 0. The number of phenols is 1. The van der Waals surface area contributed by atoms with E-state index >= 15 is 0 Å². The van der Waals surface area contributed by atoms with Gasteiger partial charge in [-0.1, -0.05) is 20.1 Å². The van der Waals surface area contributed by atoms with E-state index in [4.69, 9.17) is 5.11 Å². The Bertz CT molecular complexity index is 220. The van der Waals surface area contributed by atoms with Gasteiger partial charge < -0.3 is 5.11 Å². The first-order chi connectivity index (χ1) is 4.70. The smallest absolute Gasteiger partial charge is 0.116 e. The number of aromatic hydroxyl groups is 1. The number of hydrogen-bond acceptors (Lipinski definition) is 1. The minimum absolute atomic E-state index is 0.0718. The van der Waals surface area contributed by atoms with E-state index in [1.807, 2.05) is 18.2 Å². The largest absolute Gasteiger partial charge is 0.508 e.